The molecule has 2 aromatic rings. The van der Waals surface area contributed by atoms with Crippen LogP contribution in [0.3, 0.4) is 0 Å². The van der Waals surface area contributed by atoms with Crippen molar-refractivity contribution >= 4 is 7.14 Å². The molecular formula is C24H33O6P. The quantitative estimate of drug-likeness (QED) is 0.484. The summed E-state index contributed by atoms with van der Waals surface area (Å²) in [6, 6.07) is 14.0. The highest BCUT2D eigenvalue weighted by Crippen LogP contribution is 2.36. The minimum absolute atomic E-state index is 0.446. The van der Waals surface area contributed by atoms with E-state index in [4.69, 9.17) is 4.74 Å². The summed E-state index contributed by atoms with van der Waals surface area (Å²) >= 11 is 0. The maximum Gasteiger partial charge on any atom is 0.113 e. The van der Waals surface area contributed by atoms with Crippen LogP contribution in [0.4, 0.5) is 0 Å². The van der Waals surface area contributed by atoms with Crippen LogP contribution >= 0.6 is 7.14 Å². The molecule has 1 saturated heterocycles. The van der Waals surface area contributed by atoms with E-state index in [1.54, 1.807) is 0 Å². The molecule has 170 valence electrons. The first-order valence-electron chi connectivity index (χ1n) is 10.6. The highest BCUT2D eigenvalue weighted by atomic mass is 31.2. The molecule has 2 aromatic carbocycles. The van der Waals surface area contributed by atoms with Crippen molar-refractivity contribution in [2.75, 3.05) is 26.1 Å². The third kappa shape index (κ3) is 6.04. The zero-order chi connectivity index (χ0) is 22.8. The maximum absolute atomic E-state index is 11.9. The number of hydrogen-bond donors (Lipinski definition) is 4. The summed E-state index contributed by atoms with van der Waals surface area (Å²) in [7, 11) is -2.03. The Kier molecular flexibility index (Phi) is 7.74. The molecule has 0 unspecified atom stereocenters. The van der Waals surface area contributed by atoms with E-state index in [2.05, 4.69) is 24.3 Å². The van der Waals surface area contributed by atoms with Crippen molar-refractivity contribution in [1.29, 1.82) is 0 Å². The Labute approximate surface area is 183 Å². The second-order valence-corrected chi connectivity index (χ2v) is 12.6. The molecule has 0 spiro atoms. The zero-order valence-corrected chi connectivity index (χ0v) is 19.2. The van der Waals surface area contributed by atoms with E-state index in [9.17, 15) is 25.0 Å². The fourth-order valence-corrected chi connectivity index (χ4v) is 4.67. The van der Waals surface area contributed by atoms with E-state index in [1.165, 1.54) is 5.56 Å². The van der Waals surface area contributed by atoms with Gasteiger partial charge in [0.2, 0.25) is 0 Å². The molecule has 0 radical (unpaired) electrons. The average molecular weight is 448 g/mol. The van der Waals surface area contributed by atoms with Crippen LogP contribution in [0.1, 0.15) is 33.9 Å². The number of hydrogen-bond acceptors (Lipinski definition) is 6. The number of benzene rings is 2. The van der Waals surface area contributed by atoms with Crippen LogP contribution in [0, 0.1) is 6.92 Å². The summed E-state index contributed by atoms with van der Waals surface area (Å²) in [5.74, 6) is 0. The van der Waals surface area contributed by atoms with Gasteiger partial charge in [-0.25, -0.2) is 0 Å². The maximum atomic E-state index is 11.9. The molecule has 0 aromatic heterocycles. The highest BCUT2D eigenvalue weighted by Gasteiger charge is 2.43. The number of aryl methyl sites for hydroxylation is 2. The SMILES string of the molecule is Cc1ccc([C@@H]2O[C@H](CO)[C@@H](O)[C@H](O)[C@H]2O)cc1Cc1ccc(CCP(C)(C)=O)cc1. The summed E-state index contributed by atoms with van der Waals surface area (Å²) in [5, 5.41) is 40.0. The Morgan fingerprint density at radius 1 is 0.935 bits per heavy atom. The number of rotatable bonds is 7. The van der Waals surface area contributed by atoms with Gasteiger partial charge in [-0.3, -0.25) is 0 Å². The van der Waals surface area contributed by atoms with Crippen molar-refractivity contribution in [2.24, 2.45) is 0 Å². The van der Waals surface area contributed by atoms with Crippen molar-refractivity contribution in [3.63, 3.8) is 0 Å². The van der Waals surface area contributed by atoms with Crippen LogP contribution in [0.5, 0.6) is 0 Å². The van der Waals surface area contributed by atoms with Crippen LogP contribution in [0.2, 0.25) is 0 Å². The second-order valence-electron chi connectivity index (χ2n) is 8.98. The molecule has 0 amide bonds. The van der Waals surface area contributed by atoms with Gasteiger partial charge in [-0.2, -0.15) is 0 Å². The predicted octanol–water partition coefficient (Wildman–Crippen LogP) is 2.27. The topological polar surface area (TPSA) is 107 Å². The van der Waals surface area contributed by atoms with Gasteiger partial charge in [0.1, 0.15) is 30.5 Å². The first-order chi connectivity index (χ1) is 14.6. The standard InChI is InChI=1S/C24H33O6P/c1-15-4-9-18(24-23(28)22(27)21(26)20(14-25)30-24)13-19(15)12-17-7-5-16(6-8-17)10-11-31(2,3)29/h4-9,13,20-28H,10-12,14H2,1-3H3/t20-,21-,22+,23-,24+/m1/s1. The molecule has 31 heavy (non-hydrogen) atoms. The third-order valence-corrected chi connectivity index (χ3v) is 7.25. The predicted molar refractivity (Wildman–Crippen MR) is 121 cm³/mol. The molecule has 6 nitrogen and oxygen atoms in total. The summed E-state index contributed by atoms with van der Waals surface area (Å²) in [4.78, 5) is 0. The molecule has 1 aliphatic rings. The van der Waals surface area contributed by atoms with E-state index in [1.807, 2.05) is 38.5 Å². The van der Waals surface area contributed by atoms with Crippen LogP contribution in [-0.4, -0.2) is 70.9 Å². The Balaban J connectivity index is 1.76. The fourth-order valence-electron chi connectivity index (χ4n) is 3.88. The number of ether oxygens (including phenoxy) is 1. The van der Waals surface area contributed by atoms with Gasteiger partial charge in [0.05, 0.1) is 13.7 Å². The van der Waals surface area contributed by atoms with Crippen molar-refractivity contribution in [2.45, 2.75) is 50.3 Å². The van der Waals surface area contributed by atoms with Gasteiger partial charge in [0.25, 0.3) is 0 Å². The largest absolute Gasteiger partial charge is 0.394 e. The molecule has 5 atom stereocenters. The van der Waals surface area contributed by atoms with Gasteiger partial charge in [-0.1, -0.05) is 42.5 Å². The van der Waals surface area contributed by atoms with Crippen LogP contribution in [0.15, 0.2) is 42.5 Å². The van der Waals surface area contributed by atoms with Gasteiger partial charge >= 0.3 is 0 Å². The Morgan fingerprint density at radius 2 is 1.58 bits per heavy atom. The average Bonchev–Trinajstić information content (AvgIpc) is 2.73. The zero-order valence-electron chi connectivity index (χ0n) is 18.3. The number of aliphatic hydroxyl groups is 4. The Hall–Kier alpha value is -1.53. The molecule has 1 heterocycles. The van der Waals surface area contributed by atoms with Gasteiger partial charge < -0.3 is 29.7 Å². The van der Waals surface area contributed by atoms with Crippen molar-refractivity contribution in [3.8, 4) is 0 Å². The van der Waals surface area contributed by atoms with E-state index in [0.29, 0.717) is 18.1 Å². The van der Waals surface area contributed by atoms with Gasteiger partial charge in [0, 0.05) is 6.16 Å². The van der Waals surface area contributed by atoms with Crippen molar-refractivity contribution in [1.82, 2.24) is 0 Å². The molecule has 1 aliphatic heterocycles. The van der Waals surface area contributed by atoms with E-state index in [-0.39, 0.29) is 0 Å². The fraction of sp³-hybridized carbons (Fsp3) is 0.500. The van der Waals surface area contributed by atoms with Crippen LogP contribution in [-0.2, 0) is 22.1 Å². The van der Waals surface area contributed by atoms with Crippen LogP contribution < -0.4 is 0 Å². The normalized spacial score (nSPS) is 26.7. The second kappa shape index (κ2) is 9.95. The van der Waals surface area contributed by atoms with E-state index in [0.717, 1.165) is 23.1 Å². The summed E-state index contributed by atoms with van der Waals surface area (Å²) in [6.07, 6.45) is -3.62. The monoisotopic (exact) mass is 448 g/mol. The molecule has 1 fully saturated rings. The summed E-state index contributed by atoms with van der Waals surface area (Å²) in [5.41, 5.74) is 5.15. The molecule has 0 bridgehead atoms. The Bertz CT molecular complexity index is 920. The first-order valence-corrected chi connectivity index (χ1v) is 13.4. The van der Waals surface area contributed by atoms with Crippen molar-refractivity contribution < 1.29 is 29.7 Å². The lowest BCUT2D eigenvalue weighted by Crippen LogP contribution is -2.55. The summed E-state index contributed by atoms with van der Waals surface area (Å²) < 4.78 is 17.6. The lowest BCUT2D eigenvalue weighted by molar-refractivity contribution is -0.231. The van der Waals surface area contributed by atoms with Gasteiger partial charge in [-0.05, 0) is 60.9 Å². The number of aliphatic hydroxyl groups excluding tert-OH is 4. The summed E-state index contributed by atoms with van der Waals surface area (Å²) in [6.45, 7) is 5.19. The molecule has 7 heteroatoms. The molecular weight excluding hydrogens is 415 g/mol. The van der Waals surface area contributed by atoms with Gasteiger partial charge in [0.15, 0.2) is 0 Å². The minimum Gasteiger partial charge on any atom is -0.394 e. The molecule has 0 aliphatic carbocycles. The van der Waals surface area contributed by atoms with E-state index >= 15 is 0 Å². The lowest BCUT2D eigenvalue weighted by Gasteiger charge is -2.40. The molecule has 4 N–H and O–H groups in total. The Morgan fingerprint density at radius 3 is 2.19 bits per heavy atom. The minimum atomic E-state index is -2.03. The molecule has 0 saturated carbocycles. The first kappa shape index (κ1) is 24.1. The smallest absolute Gasteiger partial charge is 0.113 e. The molecule has 3 rings (SSSR count). The lowest BCUT2D eigenvalue weighted by atomic mass is 9.89. The highest BCUT2D eigenvalue weighted by molar-refractivity contribution is 7.62. The van der Waals surface area contributed by atoms with Crippen LogP contribution in [0.25, 0.3) is 0 Å². The van der Waals surface area contributed by atoms with Gasteiger partial charge in [-0.15, -0.1) is 0 Å². The van der Waals surface area contributed by atoms with E-state index < -0.39 is 44.3 Å². The van der Waals surface area contributed by atoms with Crippen molar-refractivity contribution in [3.05, 3.63) is 70.3 Å². The third-order valence-electron chi connectivity index (χ3n) is 5.95.